The first kappa shape index (κ1) is 8.91. The molecule has 0 heterocycles. The average Bonchev–Trinajstić information content (AvgIpc) is 1.84. The van der Waals surface area contributed by atoms with Gasteiger partial charge in [-0.2, -0.15) is 0 Å². The highest BCUT2D eigenvalue weighted by Crippen LogP contribution is 1.91. The summed E-state index contributed by atoms with van der Waals surface area (Å²) in [5.41, 5.74) is 0. The molecule has 0 aromatic rings. The van der Waals surface area contributed by atoms with E-state index in [0.29, 0.717) is 0 Å². The van der Waals surface area contributed by atoms with Crippen molar-refractivity contribution in [1.82, 2.24) is 4.72 Å². The standard InChI is InChI=1S/C5H13NO2S/c1-3-4-5-9(7,8)6-2/h6H,3-5H2,1-2H3. The maximum atomic E-state index is 10.6. The van der Waals surface area contributed by atoms with Crippen LogP contribution in [-0.2, 0) is 10.0 Å². The molecule has 0 unspecified atom stereocenters. The number of rotatable bonds is 4. The Morgan fingerprint density at radius 2 is 2.00 bits per heavy atom. The first-order valence-electron chi connectivity index (χ1n) is 3.03. The Morgan fingerprint density at radius 1 is 1.44 bits per heavy atom. The molecule has 4 heteroatoms. The molecule has 0 aliphatic carbocycles. The van der Waals surface area contributed by atoms with E-state index < -0.39 is 10.0 Å². The van der Waals surface area contributed by atoms with Crippen LogP contribution in [0, 0.1) is 0 Å². The van der Waals surface area contributed by atoms with Crippen LogP contribution in [0.1, 0.15) is 19.8 Å². The second kappa shape index (κ2) is 3.85. The van der Waals surface area contributed by atoms with Crippen LogP contribution in [0.4, 0.5) is 0 Å². The summed E-state index contributed by atoms with van der Waals surface area (Å²) in [7, 11) is -1.50. The molecular weight excluding hydrogens is 138 g/mol. The quantitative estimate of drug-likeness (QED) is 0.629. The van der Waals surface area contributed by atoms with Crippen LogP contribution < -0.4 is 4.72 Å². The first-order chi connectivity index (χ1) is 4.12. The van der Waals surface area contributed by atoms with Crippen molar-refractivity contribution in [2.45, 2.75) is 19.8 Å². The summed E-state index contributed by atoms with van der Waals surface area (Å²) >= 11 is 0. The predicted molar refractivity (Wildman–Crippen MR) is 37.8 cm³/mol. The average molecular weight is 151 g/mol. The number of sulfonamides is 1. The molecule has 0 fully saturated rings. The van der Waals surface area contributed by atoms with Crippen LogP contribution in [0.5, 0.6) is 0 Å². The van der Waals surface area contributed by atoms with Gasteiger partial charge < -0.3 is 0 Å². The van der Waals surface area contributed by atoms with Gasteiger partial charge in [-0.25, -0.2) is 13.1 Å². The largest absolute Gasteiger partial charge is 0.218 e. The fourth-order valence-corrected chi connectivity index (χ4v) is 1.31. The Hall–Kier alpha value is -0.0900. The number of hydrogen-bond acceptors (Lipinski definition) is 2. The minimum Gasteiger partial charge on any atom is -0.218 e. The van der Waals surface area contributed by atoms with E-state index in [9.17, 15) is 8.42 Å². The lowest BCUT2D eigenvalue weighted by molar-refractivity contribution is 0.585. The van der Waals surface area contributed by atoms with Gasteiger partial charge in [-0.15, -0.1) is 0 Å². The van der Waals surface area contributed by atoms with Gasteiger partial charge in [0, 0.05) is 0 Å². The van der Waals surface area contributed by atoms with Crippen LogP contribution >= 0.6 is 0 Å². The minimum absolute atomic E-state index is 0.250. The van der Waals surface area contributed by atoms with E-state index >= 15 is 0 Å². The molecule has 9 heavy (non-hydrogen) atoms. The molecule has 0 amide bonds. The van der Waals surface area contributed by atoms with Gasteiger partial charge in [0.15, 0.2) is 0 Å². The monoisotopic (exact) mass is 151 g/mol. The lowest BCUT2D eigenvalue weighted by Gasteiger charge is -1.97. The first-order valence-corrected chi connectivity index (χ1v) is 4.69. The summed E-state index contributed by atoms with van der Waals surface area (Å²) in [6.07, 6.45) is 1.66. The molecule has 0 spiro atoms. The second-order valence-electron chi connectivity index (χ2n) is 1.88. The van der Waals surface area contributed by atoms with Gasteiger partial charge in [0.1, 0.15) is 0 Å². The normalized spacial score (nSPS) is 11.8. The maximum Gasteiger partial charge on any atom is 0.211 e. The number of nitrogens with one attached hydrogen (secondary N) is 1. The smallest absolute Gasteiger partial charge is 0.211 e. The maximum absolute atomic E-state index is 10.6. The molecule has 0 aliphatic heterocycles. The van der Waals surface area contributed by atoms with E-state index in [4.69, 9.17) is 0 Å². The molecule has 0 rings (SSSR count). The molecule has 0 atom stereocenters. The Labute approximate surface area is 56.5 Å². The van der Waals surface area contributed by atoms with Crippen molar-refractivity contribution >= 4 is 10.0 Å². The minimum atomic E-state index is -2.93. The topological polar surface area (TPSA) is 46.2 Å². The van der Waals surface area contributed by atoms with Crippen molar-refractivity contribution in [3.8, 4) is 0 Å². The van der Waals surface area contributed by atoms with Gasteiger partial charge in [0.05, 0.1) is 5.75 Å². The fourth-order valence-electron chi connectivity index (χ4n) is 0.436. The molecule has 0 saturated carbocycles. The lowest BCUT2D eigenvalue weighted by Crippen LogP contribution is -2.21. The van der Waals surface area contributed by atoms with Crippen LogP contribution in [0.3, 0.4) is 0 Å². The van der Waals surface area contributed by atoms with Gasteiger partial charge in [-0.05, 0) is 13.5 Å². The van der Waals surface area contributed by atoms with Gasteiger partial charge >= 0.3 is 0 Å². The van der Waals surface area contributed by atoms with Crippen LogP contribution in [0.2, 0.25) is 0 Å². The third-order valence-electron chi connectivity index (χ3n) is 1.08. The van der Waals surface area contributed by atoms with E-state index in [1.54, 1.807) is 0 Å². The highest BCUT2D eigenvalue weighted by Gasteiger charge is 2.03. The lowest BCUT2D eigenvalue weighted by atomic mass is 10.4. The zero-order chi connectivity index (χ0) is 7.33. The highest BCUT2D eigenvalue weighted by molar-refractivity contribution is 7.89. The molecule has 0 aromatic heterocycles. The molecule has 0 radical (unpaired) electrons. The summed E-state index contributed by atoms with van der Waals surface area (Å²) in [5, 5.41) is 0. The van der Waals surface area contributed by atoms with Crippen molar-refractivity contribution in [1.29, 1.82) is 0 Å². The van der Waals surface area contributed by atoms with Gasteiger partial charge in [0.25, 0.3) is 0 Å². The molecule has 0 saturated heterocycles. The summed E-state index contributed by atoms with van der Waals surface area (Å²) in [5.74, 6) is 0.250. The van der Waals surface area contributed by atoms with Crippen LogP contribution in [-0.4, -0.2) is 21.2 Å². The molecular formula is C5H13NO2S. The molecule has 0 bridgehead atoms. The second-order valence-corrected chi connectivity index (χ2v) is 3.92. The zero-order valence-corrected chi connectivity index (χ0v) is 6.66. The third kappa shape index (κ3) is 4.42. The Morgan fingerprint density at radius 3 is 2.33 bits per heavy atom. The van der Waals surface area contributed by atoms with Crippen molar-refractivity contribution in [3.05, 3.63) is 0 Å². The van der Waals surface area contributed by atoms with Crippen molar-refractivity contribution in [2.24, 2.45) is 0 Å². The van der Waals surface area contributed by atoms with Crippen LogP contribution in [0.15, 0.2) is 0 Å². The molecule has 0 aliphatic rings. The zero-order valence-electron chi connectivity index (χ0n) is 5.85. The molecule has 56 valence electrons. The Balaban J connectivity index is 3.61. The Bertz CT molecular complexity index is 150. The number of hydrogen-bond donors (Lipinski definition) is 1. The predicted octanol–water partition coefficient (Wildman–Crippen LogP) is 0.336. The van der Waals surface area contributed by atoms with Gasteiger partial charge in [-0.1, -0.05) is 13.3 Å². The number of unbranched alkanes of at least 4 members (excludes halogenated alkanes) is 1. The van der Waals surface area contributed by atoms with E-state index in [1.807, 2.05) is 6.92 Å². The molecule has 3 nitrogen and oxygen atoms in total. The highest BCUT2D eigenvalue weighted by atomic mass is 32.2. The van der Waals surface area contributed by atoms with E-state index in [0.717, 1.165) is 12.8 Å². The SMILES string of the molecule is CCCCS(=O)(=O)NC. The summed E-state index contributed by atoms with van der Waals surface area (Å²) < 4.78 is 23.5. The Kier molecular flexibility index (Phi) is 3.81. The van der Waals surface area contributed by atoms with Crippen molar-refractivity contribution in [3.63, 3.8) is 0 Å². The van der Waals surface area contributed by atoms with Crippen LogP contribution in [0.25, 0.3) is 0 Å². The van der Waals surface area contributed by atoms with Crippen molar-refractivity contribution in [2.75, 3.05) is 12.8 Å². The third-order valence-corrected chi connectivity index (χ3v) is 2.53. The fraction of sp³-hybridized carbons (Fsp3) is 1.00. The summed E-state index contributed by atoms with van der Waals surface area (Å²) in [4.78, 5) is 0. The van der Waals surface area contributed by atoms with E-state index in [1.165, 1.54) is 7.05 Å². The van der Waals surface area contributed by atoms with Crippen molar-refractivity contribution < 1.29 is 8.42 Å². The van der Waals surface area contributed by atoms with Gasteiger partial charge in [0.2, 0.25) is 10.0 Å². The summed E-state index contributed by atoms with van der Waals surface area (Å²) in [6.45, 7) is 1.96. The van der Waals surface area contributed by atoms with E-state index in [2.05, 4.69) is 4.72 Å². The molecule has 0 aromatic carbocycles. The van der Waals surface area contributed by atoms with E-state index in [-0.39, 0.29) is 5.75 Å². The molecule has 1 N–H and O–H groups in total. The van der Waals surface area contributed by atoms with Gasteiger partial charge in [-0.3, -0.25) is 0 Å². The summed E-state index contributed by atoms with van der Waals surface area (Å²) in [6, 6.07) is 0.